The van der Waals surface area contributed by atoms with E-state index in [1.165, 1.54) is 24.1 Å². The van der Waals surface area contributed by atoms with Crippen molar-refractivity contribution in [1.82, 2.24) is 5.32 Å². The normalized spacial score (nSPS) is 18.6. The Kier molecular flexibility index (Phi) is 5.07. The molecule has 4 heteroatoms. The van der Waals surface area contributed by atoms with Crippen molar-refractivity contribution in [2.24, 2.45) is 0 Å². The van der Waals surface area contributed by atoms with E-state index in [1.807, 2.05) is 6.07 Å². The molecule has 0 aromatic carbocycles. The van der Waals surface area contributed by atoms with Crippen molar-refractivity contribution < 1.29 is 4.79 Å². The highest BCUT2D eigenvalue weighted by molar-refractivity contribution is 7.12. The lowest BCUT2D eigenvalue weighted by atomic mass is 9.95. The minimum absolute atomic E-state index is 0.0342. The number of carbonyl (C=O) groups is 1. The fourth-order valence-corrected chi connectivity index (χ4v) is 3.57. The zero-order chi connectivity index (χ0) is 13.0. The van der Waals surface area contributed by atoms with Crippen LogP contribution in [0, 0.1) is 0 Å². The van der Waals surface area contributed by atoms with E-state index in [0.29, 0.717) is 6.04 Å². The molecule has 1 unspecified atom stereocenters. The van der Waals surface area contributed by atoms with Gasteiger partial charge in [-0.2, -0.15) is 0 Å². The van der Waals surface area contributed by atoms with Crippen molar-refractivity contribution in [2.45, 2.75) is 56.9 Å². The molecule has 0 bridgehead atoms. The lowest BCUT2D eigenvalue weighted by molar-refractivity contribution is -0.121. The summed E-state index contributed by atoms with van der Waals surface area (Å²) in [7, 11) is 0. The topological polar surface area (TPSA) is 29.1 Å². The first-order valence-corrected chi connectivity index (χ1v) is 7.99. The molecule has 18 heavy (non-hydrogen) atoms. The summed E-state index contributed by atoms with van der Waals surface area (Å²) in [5.41, 5.74) is 0. The summed E-state index contributed by atoms with van der Waals surface area (Å²) >= 11 is 7.88. The molecule has 0 spiro atoms. The predicted octanol–water partition coefficient (Wildman–Crippen LogP) is 4.04. The van der Waals surface area contributed by atoms with E-state index in [0.717, 1.165) is 24.1 Å². The van der Waals surface area contributed by atoms with Gasteiger partial charge in [-0.05, 0) is 31.4 Å². The van der Waals surface area contributed by atoms with Gasteiger partial charge in [0, 0.05) is 15.8 Å². The lowest BCUT2D eigenvalue weighted by Gasteiger charge is -2.23. The monoisotopic (exact) mass is 285 g/mol. The van der Waals surface area contributed by atoms with Crippen molar-refractivity contribution in [3.8, 4) is 0 Å². The van der Waals surface area contributed by atoms with E-state index >= 15 is 0 Å². The maximum atomic E-state index is 12.1. The molecule has 1 N–H and O–H groups in total. The fraction of sp³-hybridized carbons (Fsp3) is 0.643. The van der Waals surface area contributed by atoms with Gasteiger partial charge < -0.3 is 5.32 Å². The Labute approximate surface area is 118 Å². The molecule has 1 atom stereocenters. The van der Waals surface area contributed by atoms with Crippen molar-refractivity contribution in [1.29, 1.82) is 0 Å². The van der Waals surface area contributed by atoms with E-state index in [4.69, 9.17) is 11.6 Å². The molecular weight excluding hydrogens is 266 g/mol. The second-order valence-electron chi connectivity index (χ2n) is 4.86. The van der Waals surface area contributed by atoms with Crippen molar-refractivity contribution in [2.75, 3.05) is 0 Å². The van der Waals surface area contributed by atoms with E-state index in [-0.39, 0.29) is 5.91 Å². The maximum Gasteiger partial charge on any atom is 0.243 e. The smallest absolute Gasteiger partial charge is 0.243 e. The number of hydrogen-bond donors (Lipinski definition) is 1. The summed E-state index contributed by atoms with van der Waals surface area (Å²) < 4.78 is 0. The zero-order valence-electron chi connectivity index (χ0n) is 10.7. The fourth-order valence-electron chi connectivity index (χ4n) is 2.37. The van der Waals surface area contributed by atoms with Crippen LogP contribution < -0.4 is 5.32 Å². The van der Waals surface area contributed by atoms with E-state index in [2.05, 4.69) is 18.3 Å². The van der Waals surface area contributed by atoms with Crippen LogP contribution in [0.25, 0.3) is 0 Å². The SMILES string of the molecule is CCc1ccc(C(Cl)C(=O)NC2CCCCC2)s1. The first-order chi connectivity index (χ1) is 8.70. The summed E-state index contributed by atoms with van der Waals surface area (Å²) in [6, 6.07) is 4.36. The average molecular weight is 286 g/mol. The van der Waals surface area contributed by atoms with Crippen LogP contribution in [0.5, 0.6) is 0 Å². The van der Waals surface area contributed by atoms with Gasteiger partial charge in [-0.3, -0.25) is 4.79 Å². The van der Waals surface area contributed by atoms with Gasteiger partial charge >= 0.3 is 0 Å². The number of hydrogen-bond acceptors (Lipinski definition) is 2. The van der Waals surface area contributed by atoms with Crippen molar-refractivity contribution in [3.05, 3.63) is 21.9 Å². The second-order valence-corrected chi connectivity index (χ2v) is 6.50. The quantitative estimate of drug-likeness (QED) is 0.831. The van der Waals surface area contributed by atoms with E-state index < -0.39 is 5.38 Å². The number of alkyl halides is 1. The Balaban J connectivity index is 1.91. The lowest BCUT2D eigenvalue weighted by Crippen LogP contribution is -2.37. The van der Waals surface area contributed by atoms with Crippen LogP contribution in [0.3, 0.4) is 0 Å². The molecule has 1 amide bonds. The van der Waals surface area contributed by atoms with Crippen LogP contribution in [0.15, 0.2) is 12.1 Å². The van der Waals surface area contributed by atoms with Crippen LogP contribution in [0.4, 0.5) is 0 Å². The van der Waals surface area contributed by atoms with Crippen LogP contribution in [0.1, 0.15) is 54.2 Å². The number of rotatable bonds is 4. The molecule has 1 heterocycles. The van der Waals surface area contributed by atoms with Gasteiger partial charge in [0.25, 0.3) is 0 Å². The molecule has 1 aliphatic rings. The molecule has 1 saturated carbocycles. The van der Waals surface area contributed by atoms with Gasteiger partial charge in [0.05, 0.1) is 0 Å². The molecule has 1 fully saturated rings. The summed E-state index contributed by atoms with van der Waals surface area (Å²) in [5, 5.41) is 2.55. The highest BCUT2D eigenvalue weighted by Gasteiger charge is 2.23. The predicted molar refractivity (Wildman–Crippen MR) is 77.3 cm³/mol. The van der Waals surface area contributed by atoms with Gasteiger partial charge in [-0.15, -0.1) is 22.9 Å². The number of carbonyl (C=O) groups excluding carboxylic acids is 1. The molecule has 1 aromatic heterocycles. The molecule has 2 rings (SSSR count). The minimum Gasteiger partial charge on any atom is -0.352 e. The number of aryl methyl sites for hydroxylation is 1. The number of thiophene rings is 1. The highest BCUT2D eigenvalue weighted by atomic mass is 35.5. The summed E-state index contributed by atoms with van der Waals surface area (Å²) in [6.07, 6.45) is 6.92. The van der Waals surface area contributed by atoms with Crippen molar-refractivity contribution in [3.63, 3.8) is 0 Å². The van der Waals surface area contributed by atoms with Gasteiger partial charge in [0.15, 0.2) is 0 Å². The van der Waals surface area contributed by atoms with Crippen LogP contribution in [-0.2, 0) is 11.2 Å². The van der Waals surface area contributed by atoms with Gasteiger partial charge in [0.2, 0.25) is 5.91 Å². The minimum atomic E-state index is -0.530. The standard InChI is InChI=1S/C14H20ClNOS/c1-2-11-8-9-12(18-11)13(15)14(17)16-10-6-4-3-5-7-10/h8-10,13H,2-7H2,1H3,(H,16,17). The van der Waals surface area contributed by atoms with Gasteiger partial charge in [-0.1, -0.05) is 26.2 Å². The first-order valence-electron chi connectivity index (χ1n) is 6.73. The second kappa shape index (κ2) is 6.58. The number of halogens is 1. The Morgan fingerprint density at radius 3 is 2.78 bits per heavy atom. The largest absolute Gasteiger partial charge is 0.352 e. The first kappa shape index (κ1) is 13.9. The Morgan fingerprint density at radius 2 is 2.17 bits per heavy atom. The summed E-state index contributed by atoms with van der Waals surface area (Å²) in [4.78, 5) is 14.3. The average Bonchev–Trinajstić information content (AvgIpc) is 2.87. The maximum absolute atomic E-state index is 12.1. The Bertz CT molecular complexity index is 398. The van der Waals surface area contributed by atoms with Crippen LogP contribution in [-0.4, -0.2) is 11.9 Å². The highest BCUT2D eigenvalue weighted by Crippen LogP contribution is 2.29. The van der Waals surface area contributed by atoms with Crippen molar-refractivity contribution >= 4 is 28.8 Å². The van der Waals surface area contributed by atoms with E-state index in [1.54, 1.807) is 11.3 Å². The molecule has 100 valence electrons. The van der Waals surface area contributed by atoms with Crippen LogP contribution >= 0.6 is 22.9 Å². The molecule has 0 saturated heterocycles. The molecule has 1 aromatic rings. The van der Waals surface area contributed by atoms with Gasteiger partial charge in [0.1, 0.15) is 5.38 Å². The van der Waals surface area contributed by atoms with Crippen LogP contribution in [0.2, 0.25) is 0 Å². The molecule has 0 aliphatic heterocycles. The summed E-state index contributed by atoms with van der Waals surface area (Å²) in [5.74, 6) is -0.0342. The van der Waals surface area contributed by atoms with Gasteiger partial charge in [-0.25, -0.2) is 0 Å². The number of nitrogens with one attached hydrogen (secondary N) is 1. The Morgan fingerprint density at radius 1 is 1.44 bits per heavy atom. The molecular formula is C14H20ClNOS. The third-order valence-electron chi connectivity index (χ3n) is 3.46. The zero-order valence-corrected chi connectivity index (χ0v) is 12.3. The molecule has 0 radical (unpaired) electrons. The molecule has 1 aliphatic carbocycles. The third kappa shape index (κ3) is 3.48. The third-order valence-corrected chi connectivity index (χ3v) is 5.32. The Hall–Kier alpha value is -0.540. The number of amides is 1. The summed E-state index contributed by atoms with van der Waals surface area (Å²) in [6.45, 7) is 2.11. The van der Waals surface area contributed by atoms with E-state index in [9.17, 15) is 4.79 Å². The molecule has 2 nitrogen and oxygen atoms in total.